The van der Waals surface area contributed by atoms with Gasteiger partial charge in [-0.25, -0.2) is 5.01 Å². The normalized spacial score (nSPS) is 19.6. The van der Waals surface area contributed by atoms with Crippen molar-refractivity contribution in [1.29, 1.82) is 0 Å². The van der Waals surface area contributed by atoms with Gasteiger partial charge in [-0.05, 0) is 18.6 Å². The first-order chi connectivity index (χ1) is 9.86. The average molecular weight is 301 g/mol. The number of alkyl halides is 3. The topological polar surface area (TPSA) is 58.8 Å². The Kier molecular flexibility index (Phi) is 3.29. The number of benzene rings is 1. The number of hydrazine groups is 1. The predicted molar refractivity (Wildman–Crippen MR) is 68.3 cm³/mol. The molecule has 21 heavy (non-hydrogen) atoms. The van der Waals surface area contributed by atoms with E-state index in [9.17, 15) is 18.0 Å². The number of hydrogen-bond acceptors (Lipinski definition) is 4. The van der Waals surface area contributed by atoms with Crippen LogP contribution in [0.4, 0.5) is 18.9 Å². The predicted octanol–water partition coefficient (Wildman–Crippen LogP) is 1.86. The zero-order chi connectivity index (χ0) is 15.2. The smallest absolute Gasteiger partial charge is 0.416 e. The molecule has 2 N–H and O–H groups in total. The van der Waals surface area contributed by atoms with E-state index >= 15 is 0 Å². The monoisotopic (exact) mass is 301 g/mol. The van der Waals surface area contributed by atoms with Gasteiger partial charge < -0.3 is 9.64 Å². The molecule has 0 unspecified atom stereocenters. The van der Waals surface area contributed by atoms with Crippen LogP contribution in [0.1, 0.15) is 24.0 Å². The first kappa shape index (κ1) is 14.2. The van der Waals surface area contributed by atoms with Crippen LogP contribution in [0.25, 0.3) is 0 Å². The second-order valence-electron chi connectivity index (χ2n) is 5.15. The molecule has 1 saturated heterocycles. The molecule has 0 aliphatic carbocycles. The second kappa shape index (κ2) is 4.88. The number of carbonyl (C=O) groups is 1. The van der Waals surface area contributed by atoms with Crippen molar-refractivity contribution < 1.29 is 22.7 Å². The molecule has 0 radical (unpaired) electrons. The lowest BCUT2D eigenvalue weighted by Crippen LogP contribution is -2.38. The molecule has 1 amide bonds. The maximum absolute atomic E-state index is 13.0. The number of hydrogen-bond donors (Lipinski definition) is 1. The number of rotatable bonds is 1. The second-order valence-corrected chi connectivity index (χ2v) is 5.15. The van der Waals surface area contributed by atoms with Gasteiger partial charge in [0.05, 0.1) is 11.3 Å². The fourth-order valence-corrected chi connectivity index (χ4v) is 2.64. The molecule has 0 spiro atoms. The largest absolute Gasteiger partial charge is 0.474 e. The minimum Gasteiger partial charge on any atom is -0.474 e. The van der Waals surface area contributed by atoms with E-state index in [0.717, 1.165) is 12.1 Å². The molecule has 114 valence electrons. The van der Waals surface area contributed by atoms with Crippen molar-refractivity contribution in [2.75, 3.05) is 18.2 Å². The summed E-state index contributed by atoms with van der Waals surface area (Å²) in [7, 11) is 0. The van der Waals surface area contributed by atoms with Gasteiger partial charge in [-0.3, -0.25) is 10.6 Å². The highest BCUT2D eigenvalue weighted by Crippen LogP contribution is 2.42. The quantitative estimate of drug-likeness (QED) is 0.804. The molecule has 2 heterocycles. The van der Waals surface area contributed by atoms with E-state index in [1.807, 2.05) is 0 Å². The van der Waals surface area contributed by atoms with Crippen LogP contribution in [-0.2, 0) is 17.5 Å². The minimum atomic E-state index is -4.48. The summed E-state index contributed by atoms with van der Waals surface area (Å²) in [6.45, 7) is 0.629. The van der Waals surface area contributed by atoms with Crippen molar-refractivity contribution in [2.24, 2.45) is 5.84 Å². The molecule has 0 saturated carbocycles. The Morgan fingerprint density at radius 2 is 2.05 bits per heavy atom. The summed E-state index contributed by atoms with van der Waals surface area (Å²) in [5.41, 5.74) is -0.265. The first-order valence-electron chi connectivity index (χ1n) is 6.53. The highest BCUT2D eigenvalue weighted by atomic mass is 19.4. The SMILES string of the molecule is NN1COc2c(cc(C(F)(F)F)cc2N2CCCC2=O)C1. The van der Waals surface area contributed by atoms with Crippen molar-refractivity contribution in [3.8, 4) is 5.75 Å². The summed E-state index contributed by atoms with van der Waals surface area (Å²) < 4.78 is 44.5. The summed E-state index contributed by atoms with van der Waals surface area (Å²) in [6, 6.07) is 2.01. The van der Waals surface area contributed by atoms with Gasteiger partial charge in [-0.1, -0.05) is 0 Å². The summed E-state index contributed by atoms with van der Waals surface area (Å²) in [6.07, 6.45) is -3.51. The Morgan fingerprint density at radius 3 is 2.67 bits per heavy atom. The van der Waals surface area contributed by atoms with E-state index in [1.54, 1.807) is 0 Å². The molecular formula is C13H14F3N3O2. The number of fused-ring (bicyclic) bond motifs is 1. The van der Waals surface area contributed by atoms with Crippen LogP contribution in [0.5, 0.6) is 5.75 Å². The molecule has 0 bridgehead atoms. The standard InChI is InChI=1S/C13H14F3N3O2/c14-13(15,16)9-4-8-6-18(17)7-21-12(8)10(5-9)19-3-1-2-11(19)20/h4-5H,1-3,6-7,17H2. The highest BCUT2D eigenvalue weighted by molar-refractivity contribution is 5.97. The van der Waals surface area contributed by atoms with Crippen LogP contribution in [0.2, 0.25) is 0 Å². The van der Waals surface area contributed by atoms with Crippen LogP contribution < -0.4 is 15.5 Å². The van der Waals surface area contributed by atoms with E-state index in [0.29, 0.717) is 30.7 Å². The zero-order valence-electron chi connectivity index (χ0n) is 11.1. The number of halogens is 3. The van der Waals surface area contributed by atoms with Crippen LogP contribution >= 0.6 is 0 Å². The third-order valence-corrected chi connectivity index (χ3v) is 3.59. The number of nitrogens with two attached hydrogens (primary N) is 1. The van der Waals surface area contributed by atoms with E-state index < -0.39 is 11.7 Å². The lowest BCUT2D eigenvalue weighted by molar-refractivity contribution is -0.137. The first-order valence-corrected chi connectivity index (χ1v) is 6.53. The highest BCUT2D eigenvalue weighted by Gasteiger charge is 2.36. The molecule has 5 nitrogen and oxygen atoms in total. The lowest BCUT2D eigenvalue weighted by Gasteiger charge is -2.30. The van der Waals surface area contributed by atoms with Gasteiger partial charge in [-0.2, -0.15) is 13.2 Å². The van der Waals surface area contributed by atoms with Gasteiger partial charge in [0.2, 0.25) is 5.91 Å². The Bertz CT molecular complexity index is 589. The number of anilines is 1. The Morgan fingerprint density at radius 1 is 1.29 bits per heavy atom. The molecule has 0 aromatic heterocycles. The van der Waals surface area contributed by atoms with E-state index in [2.05, 4.69) is 0 Å². The number of carbonyl (C=O) groups excluding carboxylic acids is 1. The van der Waals surface area contributed by atoms with Crippen molar-refractivity contribution in [1.82, 2.24) is 5.01 Å². The molecule has 2 aliphatic heterocycles. The third kappa shape index (κ3) is 2.56. The maximum atomic E-state index is 13.0. The van der Waals surface area contributed by atoms with Crippen LogP contribution in [0.3, 0.4) is 0 Å². The molecular weight excluding hydrogens is 287 g/mol. The van der Waals surface area contributed by atoms with Crippen molar-refractivity contribution in [2.45, 2.75) is 25.6 Å². The van der Waals surface area contributed by atoms with E-state index in [-0.39, 0.29) is 24.9 Å². The lowest BCUT2D eigenvalue weighted by atomic mass is 10.1. The summed E-state index contributed by atoms with van der Waals surface area (Å²) in [5.74, 6) is 5.72. The van der Waals surface area contributed by atoms with Crippen molar-refractivity contribution in [3.05, 3.63) is 23.3 Å². The minimum absolute atomic E-state index is 0.0768. The van der Waals surface area contributed by atoms with Crippen LogP contribution in [0, 0.1) is 0 Å². The van der Waals surface area contributed by atoms with Gasteiger partial charge >= 0.3 is 6.18 Å². The molecule has 1 fully saturated rings. The molecule has 3 rings (SSSR count). The van der Waals surface area contributed by atoms with Gasteiger partial charge in [-0.15, -0.1) is 0 Å². The Balaban J connectivity index is 2.12. The Labute approximate surface area is 119 Å². The molecule has 0 atom stereocenters. The number of ether oxygens (including phenoxy) is 1. The van der Waals surface area contributed by atoms with Crippen LogP contribution in [-0.4, -0.2) is 24.2 Å². The van der Waals surface area contributed by atoms with Gasteiger partial charge in [0.1, 0.15) is 5.75 Å². The fraction of sp³-hybridized carbons (Fsp3) is 0.462. The summed E-state index contributed by atoms with van der Waals surface area (Å²) >= 11 is 0. The number of nitrogens with zero attached hydrogens (tertiary/aromatic N) is 2. The molecule has 8 heteroatoms. The van der Waals surface area contributed by atoms with Crippen molar-refractivity contribution in [3.63, 3.8) is 0 Å². The molecule has 1 aromatic carbocycles. The van der Waals surface area contributed by atoms with E-state index in [4.69, 9.17) is 10.6 Å². The Hall–Kier alpha value is -1.80. The van der Waals surface area contributed by atoms with Gasteiger partial charge in [0.25, 0.3) is 0 Å². The fourth-order valence-electron chi connectivity index (χ4n) is 2.64. The van der Waals surface area contributed by atoms with Gasteiger partial charge in [0, 0.05) is 25.1 Å². The average Bonchev–Trinajstić information content (AvgIpc) is 2.82. The number of amides is 1. The molecule has 1 aromatic rings. The van der Waals surface area contributed by atoms with Crippen LogP contribution in [0.15, 0.2) is 12.1 Å². The van der Waals surface area contributed by atoms with E-state index in [1.165, 1.54) is 9.91 Å². The zero-order valence-corrected chi connectivity index (χ0v) is 11.1. The van der Waals surface area contributed by atoms with Crippen molar-refractivity contribution >= 4 is 11.6 Å². The maximum Gasteiger partial charge on any atom is 0.416 e. The summed E-state index contributed by atoms with van der Waals surface area (Å²) in [5, 5.41) is 1.28. The molecule has 2 aliphatic rings. The summed E-state index contributed by atoms with van der Waals surface area (Å²) in [4.78, 5) is 13.2. The van der Waals surface area contributed by atoms with Gasteiger partial charge in [0.15, 0.2) is 6.73 Å². The third-order valence-electron chi connectivity index (χ3n) is 3.59.